The van der Waals surface area contributed by atoms with Gasteiger partial charge in [0, 0.05) is 11.9 Å². The summed E-state index contributed by atoms with van der Waals surface area (Å²) < 4.78 is 10.5. The Morgan fingerprint density at radius 2 is 2.33 bits per heavy atom. The maximum atomic E-state index is 9.68. The van der Waals surface area contributed by atoms with Gasteiger partial charge in [-0.2, -0.15) is 0 Å². The summed E-state index contributed by atoms with van der Waals surface area (Å²) >= 11 is 0. The number of aliphatic hydroxyl groups is 2. The minimum Gasteiger partial charge on any atom is -0.393 e. The maximum Gasteiger partial charge on any atom is 0.140 e. The summed E-state index contributed by atoms with van der Waals surface area (Å²) in [6, 6.07) is -0.519. The normalized spacial score (nSPS) is 52.7. The van der Waals surface area contributed by atoms with Crippen molar-refractivity contribution in [2.24, 2.45) is 5.92 Å². The minimum atomic E-state index is -0.970. The molecule has 1 unspecified atom stereocenters. The van der Waals surface area contributed by atoms with Gasteiger partial charge in [-0.15, -0.1) is 0 Å². The summed E-state index contributed by atoms with van der Waals surface area (Å²) in [5, 5.41) is 18.7. The zero-order valence-electron chi connectivity index (χ0n) is 6.64. The molecule has 4 nitrogen and oxygen atoms in total. The molecule has 2 heterocycles. The lowest BCUT2D eigenvalue weighted by atomic mass is 9.81. The van der Waals surface area contributed by atoms with Crippen molar-refractivity contribution in [1.82, 2.24) is 0 Å². The summed E-state index contributed by atoms with van der Waals surface area (Å²) in [6.07, 6.45) is -0.703. The van der Waals surface area contributed by atoms with E-state index in [9.17, 15) is 5.11 Å². The number of hydrogen-bond donors (Lipinski definition) is 2. The minimum absolute atomic E-state index is 0.203. The molecule has 0 aromatic heterocycles. The molecule has 0 aromatic carbocycles. The molecular formula is C7H11BO4. The van der Waals surface area contributed by atoms with Gasteiger partial charge in [-0.05, 0) is 0 Å². The summed E-state index contributed by atoms with van der Waals surface area (Å²) in [5.41, 5.74) is -0.970. The van der Waals surface area contributed by atoms with Gasteiger partial charge in [0.25, 0.3) is 0 Å². The highest BCUT2D eigenvalue weighted by Crippen LogP contribution is 2.38. The van der Waals surface area contributed by atoms with Crippen molar-refractivity contribution >= 4 is 7.85 Å². The SMILES string of the molecule is [B][C@@H]1O[C@@]2(CO)COCC1[C@H]2O. The lowest BCUT2D eigenvalue weighted by Crippen LogP contribution is -2.52. The van der Waals surface area contributed by atoms with Gasteiger partial charge in [-0.1, -0.05) is 0 Å². The zero-order valence-corrected chi connectivity index (χ0v) is 6.64. The highest BCUT2D eigenvalue weighted by molar-refractivity contribution is 6.11. The highest BCUT2D eigenvalue weighted by Gasteiger charge is 2.55. The van der Waals surface area contributed by atoms with Crippen LogP contribution in [-0.2, 0) is 9.47 Å². The Labute approximate surface area is 71.9 Å². The smallest absolute Gasteiger partial charge is 0.140 e. The Balaban J connectivity index is 2.24. The summed E-state index contributed by atoms with van der Waals surface area (Å²) in [6.45, 7) is 0.372. The fourth-order valence-electron chi connectivity index (χ4n) is 1.85. The van der Waals surface area contributed by atoms with Gasteiger partial charge >= 0.3 is 0 Å². The van der Waals surface area contributed by atoms with Gasteiger partial charge in [-0.3, -0.25) is 0 Å². The van der Waals surface area contributed by atoms with E-state index in [4.69, 9.17) is 22.4 Å². The monoisotopic (exact) mass is 170 g/mol. The van der Waals surface area contributed by atoms with Crippen LogP contribution in [0.2, 0.25) is 0 Å². The summed E-state index contributed by atoms with van der Waals surface area (Å²) in [5.74, 6) is -0.203. The predicted octanol–water partition coefficient (Wildman–Crippen LogP) is -1.75. The van der Waals surface area contributed by atoms with E-state index in [0.29, 0.717) is 6.61 Å². The van der Waals surface area contributed by atoms with E-state index in [1.165, 1.54) is 0 Å². The first-order chi connectivity index (χ1) is 5.69. The zero-order chi connectivity index (χ0) is 8.77. The van der Waals surface area contributed by atoms with E-state index >= 15 is 0 Å². The predicted molar refractivity (Wildman–Crippen MR) is 40.8 cm³/mol. The van der Waals surface area contributed by atoms with Crippen molar-refractivity contribution in [3.8, 4) is 0 Å². The van der Waals surface area contributed by atoms with Crippen molar-refractivity contribution in [1.29, 1.82) is 0 Å². The van der Waals surface area contributed by atoms with Crippen LogP contribution in [0.1, 0.15) is 0 Å². The van der Waals surface area contributed by atoms with Gasteiger partial charge in [0.1, 0.15) is 13.4 Å². The fraction of sp³-hybridized carbons (Fsp3) is 1.00. The fourth-order valence-corrected chi connectivity index (χ4v) is 1.85. The molecule has 0 aromatic rings. The molecule has 2 radical (unpaired) electrons. The molecule has 2 bridgehead atoms. The van der Waals surface area contributed by atoms with Crippen LogP contribution in [0, 0.1) is 5.92 Å². The van der Waals surface area contributed by atoms with Crippen LogP contribution in [0.3, 0.4) is 0 Å². The second-order valence-electron chi connectivity index (χ2n) is 3.43. The van der Waals surface area contributed by atoms with Gasteiger partial charge < -0.3 is 19.7 Å². The van der Waals surface area contributed by atoms with Gasteiger partial charge in [0.15, 0.2) is 0 Å². The molecule has 66 valence electrons. The van der Waals surface area contributed by atoms with Crippen molar-refractivity contribution in [2.75, 3.05) is 19.8 Å². The third-order valence-electron chi connectivity index (χ3n) is 2.66. The van der Waals surface area contributed by atoms with E-state index in [0.717, 1.165) is 0 Å². The molecule has 2 fully saturated rings. The third-order valence-corrected chi connectivity index (χ3v) is 2.66. The lowest BCUT2D eigenvalue weighted by molar-refractivity contribution is -0.153. The van der Waals surface area contributed by atoms with Gasteiger partial charge in [-0.25, -0.2) is 0 Å². The molecule has 12 heavy (non-hydrogen) atoms. The molecule has 2 N–H and O–H groups in total. The molecule has 0 saturated carbocycles. The molecule has 2 rings (SSSR count). The molecule has 2 aliphatic rings. The van der Waals surface area contributed by atoms with Crippen LogP contribution in [-0.4, -0.2) is 55.6 Å². The van der Waals surface area contributed by atoms with Crippen molar-refractivity contribution in [3.63, 3.8) is 0 Å². The Morgan fingerprint density at radius 1 is 1.58 bits per heavy atom. The molecule has 0 amide bonds. The average Bonchev–Trinajstić information content (AvgIpc) is 2.23. The Morgan fingerprint density at radius 3 is 2.92 bits per heavy atom. The second-order valence-corrected chi connectivity index (χ2v) is 3.43. The first-order valence-electron chi connectivity index (χ1n) is 4.00. The third kappa shape index (κ3) is 0.940. The van der Waals surface area contributed by atoms with E-state index in [1.54, 1.807) is 0 Å². The molecular weight excluding hydrogens is 159 g/mol. The first kappa shape index (κ1) is 8.50. The Kier molecular flexibility index (Phi) is 1.91. The number of hydrogen-bond acceptors (Lipinski definition) is 4. The molecule has 0 spiro atoms. The average molecular weight is 170 g/mol. The van der Waals surface area contributed by atoms with Crippen LogP contribution >= 0.6 is 0 Å². The summed E-state index contributed by atoms with van der Waals surface area (Å²) in [7, 11) is 5.60. The van der Waals surface area contributed by atoms with E-state index < -0.39 is 17.7 Å². The maximum absolute atomic E-state index is 9.68. The molecule has 2 saturated heterocycles. The Bertz CT molecular complexity index is 188. The topological polar surface area (TPSA) is 58.9 Å². The molecule has 4 atom stereocenters. The molecule has 0 aliphatic carbocycles. The summed E-state index contributed by atoms with van der Waals surface area (Å²) in [4.78, 5) is 0. The second kappa shape index (κ2) is 2.70. The Hall–Kier alpha value is -0.0951. The van der Waals surface area contributed by atoms with Crippen molar-refractivity contribution in [3.05, 3.63) is 0 Å². The lowest BCUT2D eigenvalue weighted by Gasteiger charge is -2.34. The first-order valence-corrected chi connectivity index (χ1v) is 4.00. The number of aliphatic hydroxyl groups excluding tert-OH is 2. The largest absolute Gasteiger partial charge is 0.393 e. The van der Waals surface area contributed by atoms with E-state index in [-0.39, 0.29) is 19.1 Å². The van der Waals surface area contributed by atoms with Crippen LogP contribution < -0.4 is 0 Å². The molecule has 2 aliphatic heterocycles. The highest BCUT2D eigenvalue weighted by atomic mass is 16.6. The number of fused-ring (bicyclic) bond motifs is 2. The van der Waals surface area contributed by atoms with Crippen LogP contribution in [0.5, 0.6) is 0 Å². The number of rotatable bonds is 1. The van der Waals surface area contributed by atoms with Crippen molar-refractivity contribution in [2.45, 2.75) is 17.7 Å². The van der Waals surface area contributed by atoms with E-state index in [1.807, 2.05) is 0 Å². The van der Waals surface area contributed by atoms with Crippen LogP contribution in [0.15, 0.2) is 0 Å². The molecule has 5 heteroatoms. The van der Waals surface area contributed by atoms with Crippen LogP contribution in [0.25, 0.3) is 0 Å². The van der Waals surface area contributed by atoms with Gasteiger partial charge in [0.2, 0.25) is 0 Å². The van der Waals surface area contributed by atoms with E-state index in [2.05, 4.69) is 0 Å². The number of ether oxygens (including phenoxy) is 2. The van der Waals surface area contributed by atoms with Gasteiger partial charge in [0.05, 0.1) is 25.9 Å². The quantitative estimate of drug-likeness (QED) is 0.458. The standard InChI is InChI=1S/C7H11BO4/c8-6-4-1-11-3-7(2-9,12-6)5(4)10/h4-6,9-10H,1-3H2/t4?,5-,6-,7+/m1/s1. The van der Waals surface area contributed by atoms with Crippen LogP contribution in [0.4, 0.5) is 0 Å². The van der Waals surface area contributed by atoms with Crippen molar-refractivity contribution < 1.29 is 19.7 Å².